The minimum absolute atomic E-state index is 0.0655. The van der Waals surface area contributed by atoms with E-state index in [-0.39, 0.29) is 24.7 Å². The van der Waals surface area contributed by atoms with Crippen LogP contribution in [0.1, 0.15) is 52.4 Å². The van der Waals surface area contributed by atoms with Crippen molar-refractivity contribution in [3.63, 3.8) is 0 Å². The lowest BCUT2D eigenvalue weighted by Crippen LogP contribution is -2.59. The Bertz CT molecular complexity index is 716. The number of aliphatic imine (C=N–C) groups is 1. The number of guanidine groups is 1. The van der Waals surface area contributed by atoms with Gasteiger partial charge in [0.2, 0.25) is 17.7 Å². The molecule has 0 aliphatic rings. The molecule has 202 valence electrons. The molecule has 14 nitrogen and oxygen atoms in total. The molecule has 13 N–H and O–H groups in total. The van der Waals surface area contributed by atoms with E-state index in [0.29, 0.717) is 38.8 Å². The van der Waals surface area contributed by atoms with Crippen LogP contribution >= 0.6 is 0 Å². The minimum atomic E-state index is -1.41. The zero-order valence-electron chi connectivity index (χ0n) is 20.5. The SMILES string of the molecule is CCC(C)C(NC(=O)C(N)CCCN=C(N)N)C(=O)NC(CO)C(=O)NC(CCCCN)C(=O)O. The topological polar surface area (TPSA) is 261 Å². The molecule has 0 saturated carbocycles. The Morgan fingerprint density at radius 1 is 0.914 bits per heavy atom. The number of nitrogens with zero attached hydrogens (tertiary/aromatic N) is 1. The Hall–Kier alpha value is -2.97. The number of unbranched alkanes of at least 4 members (excludes halogenated alkanes) is 1. The third-order valence-corrected chi connectivity index (χ3v) is 5.47. The molecular weight excluding hydrogens is 460 g/mol. The second-order valence-electron chi connectivity index (χ2n) is 8.35. The molecule has 0 aromatic heterocycles. The summed E-state index contributed by atoms with van der Waals surface area (Å²) in [6.07, 6.45) is 2.48. The van der Waals surface area contributed by atoms with Gasteiger partial charge < -0.3 is 49.1 Å². The van der Waals surface area contributed by atoms with Gasteiger partial charge in [-0.05, 0) is 44.6 Å². The molecule has 0 rings (SSSR count). The molecule has 5 unspecified atom stereocenters. The highest BCUT2D eigenvalue weighted by Crippen LogP contribution is 2.10. The predicted molar refractivity (Wildman–Crippen MR) is 131 cm³/mol. The van der Waals surface area contributed by atoms with E-state index >= 15 is 0 Å². The molecule has 0 aliphatic heterocycles. The van der Waals surface area contributed by atoms with E-state index in [1.165, 1.54) is 0 Å². The second kappa shape index (κ2) is 17.5. The van der Waals surface area contributed by atoms with E-state index in [2.05, 4.69) is 20.9 Å². The van der Waals surface area contributed by atoms with Crippen molar-refractivity contribution in [1.82, 2.24) is 16.0 Å². The van der Waals surface area contributed by atoms with Crippen molar-refractivity contribution in [3.8, 4) is 0 Å². The van der Waals surface area contributed by atoms with Crippen molar-refractivity contribution >= 4 is 29.7 Å². The normalized spacial score (nSPS) is 15.1. The summed E-state index contributed by atoms with van der Waals surface area (Å²) in [5.74, 6) is -3.75. The molecule has 5 atom stereocenters. The monoisotopic (exact) mass is 502 g/mol. The lowest BCUT2D eigenvalue weighted by atomic mass is 9.97. The highest BCUT2D eigenvalue weighted by atomic mass is 16.4. The number of aliphatic hydroxyl groups excluding tert-OH is 1. The van der Waals surface area contributed by atoms with Gasteiger partial charge in [0.1, 0.15) is 18.1 Å². The van der Waals surface area contributed by atoms with Crippen LogP contribution < -0.4 is 38.9 Å². The number of hydrogen-bond donors (Lipinski definition) is 9. The average molecular weight is 503 g/mol. The van der Waals surface area contributed by atoms with Gasteiger partial charge in [0, 0.05) is 6.54 Å². The van der Waals surface area contributed by atoms with Gasteiger partial charge in [-0.3, -0.25) is 19.4 Å². The summed E-state index contributed by atoms with van der Waals surface area (Å²) in [6, 6.07) is -4.54. The Kier molecular flexibility index (Phi) is 16.0. The van der Waals surface area contributed by atoms with E-state index in [0.717, 1.165) is 0 Å². The van der Waals surface area contributed by atoms with Crippen LogP contribution in [0, 0.1) is 5.92 Å². The summed E-state index contributed by atoms with van der Waals surface area (Å²) < 4.78 is 0. The van der Waals surface area contributed by atoms with Crippen LogP contribution in [0.4, 0.5) is 0 Å². The first-order valence-electron chi connectivity index (χ1n) is 11.7. The predicted octanol–water partition coefficient (Wildman–Crippen LogP) is -2.93. The van der Waals surface area contributed by atoms with Gasteiger partial charge in [-0.2, -0.15) is 0 Å². The first kappa shape index (κ1) is 32.0. The molecule has 0 saturated heterocycles. The molecule has 0 radical (unpaired) electrons. The number of hydrogen-bond acceptors (Lipinski definition) is 8. The molecule has 0 aliphatic carbocycles. The van der Waals surface area contributed by atoms with Gasteiger partial charge >= 0.3 is 5.97 Å². The summed E-state index contributed by atoms with van der Waals surface area (Å²) in [4.78, 5) is 53.2. The van der Waals surface area contributed by atoms with Crippen molar-refractivity contribution in [2.24, 2.45) is 33.8 Å². The van der Waals surface area contributed by atoms with E-state index in [9.17, 15) is 29.4 Å². The zero-order chi connectivity index (χ0) is 27.0. The number of aliphatic carboxylic acids is 1. The van der Waals surface area contributed by atoms with E-state index in [1.54, 1.807) is 6.92 Å². The lowest BCUT2D eigenvalue weighted by Gasteiger charge is -2.27. The van der Waals surface area contributed by atoms with E-state index in [4.69, 9.17) is 22.9 Å². The fourth-order valence-corrected chi connectivity index (χ4v) is 3.09. The summed E-state index contributed by atoms with van der Waals surface area (Å²) in [7, 11) is 0. The second-order valence-corrected chi connectivity index (χ2v) is 8.35. The molecule has 14 heteroatoms. The minimum Gasteiger partial charge on any atom is -0.480 e. The van der Waals surface area contributed by atoms with Crippen molar-refractivity contribution in [2.45, 2.75) is 76.5 Å². The number of rotatable bonds is 18. The number of carboxylic acids is 1. The van der Waals surface area contributed by atoms with Crippen LogP contribution in [0.25, 0.3) is 0 Å². The highest BCUT2D eigenvalue weighted by molar-refractivity contribution is 5.94. The fraction of sp³-hybridized carbons (Fsp3) is 0.762. The van der Waals surface area contributed by atoms with Gasteiger partial charge in [-0.25, -0.2) is 4.79 Å². The third kappa shape index (κ3) is 12.9. The third-order valence-electron chi connectivity index (χ3n) is 5.47. The van der Waals surface area contributed by atoms with Crippen LogP contribution in [0.2, 0.25) is 0 Å². The Morgan fingerprint density at radius 2 is 1.54 bits per heavy atom. The molecular formula is C21H42N8O6. The molecule has 35 heavy (non-hydrogen) atoms. The molecule has 0 bridgehead atoms. The Balaban J connectivity index is 5.16. The van der Waals surface area contributed by atoms with E-state index < -0.39 is 54.5 Å². The molecule has 0 aromatic rings. The van der Waals surface area contributed by atoms with Crippen molar-refractivity contribution in [2.75, 3.05) is 19.7 Å². The van der Waals surface area contributed by atoms with Crippen molar-refractivity contribution in [1.29, 1.82) is 0 Å². The van der Waals surface area contributed by atoms with E-state index in [1.807, 2.05) is 6.92 Å². The highest BCUT2D eigenvalue weighted by Gasteiger charge is 2.32. The number of carbonyl (C=O) groups is 4. The van der Waals surface area contributed by atoms with Crippen LogP contribution in [0.5, 0.6) is 0 Å². The summed E-state index contributed by atoms with van der Waals surface area (Å²) in [5.41, 5.74) is 21.8. The summed E-state index contributed by atoms with van der Waals surface area (Å²) in [6.45, 7) is 3.48. The smallest absolute Gasteiger partial charge is 0.326 e. The molecule has 0 aromatic carbocycles. The number of aliphatic hydroxyl groups is 1. The van der Waals surface area contributed by atoms with Crippen LogP contribution in [0.3, 0.4) is 0 Å². The number of nitrogens with one attached hydrogen (secondary N) is 3. The number of carbonyl (C=O) groups excluding carboxylic acids is 3. The zero-order valence-corrected chi connectivity index (χ0v) is 20.5. The van der Waals surface area contributed by atoms with Crippen LogP contribution in [-0.2, 0) is 19.2 Å². The summed E-state index contributed by atoms with van der Waals surface area (Å²) in [5, 5.41) is 26.3. The maximum atomic E-state index is 12.9. The van der Waals surface area contributed by atoms with Gasteiger partial charge in [0.05, 0.1) is 12.6 Å². The Labute approximate surface area is 205 Å². The van der Waals surface area contributed by atoms with Gasteiger partial charge in [-0.15, -0.1) is 0 Å². The Morgan fingerprint density at radius 3 is 2.06 bits per heavy atom. The number of carboxylic acid groups (broad SMARTS) is 1. The van der Waals surface area contributed by atoms with Crippen molar-refractivity contribution < 1.29 is 29.4 Å². The van der Waals surface area contributed by atoms with Crippen LogP contribution in [-0.4, -0.2) is 83.7 Å². The molecule has 0 heterocycles. The summed E-state index contributed by atoms with van der Waals surface area (Å²) >= 11 is 0. The molecule has 0 spiro atoms. The molecule has 0 fully saturated rings. The van der Waals surface area contributed by atoms with Gasteiger partial charge in [0.25, 0.3) is 0 Å². The maximum absolute atomic E-state index is 12.9. The standard InChI is InChI=1S/C21H42N8O6/c1-3-12(2)16(29-17(31)13(23)7-6-10-26-21(24)25)19(33)28-15(11-30)18(32)27-14(20(34)35)8-4-5-9-22/h12-16,30H,3-11,22-23H2,1-2H3,(H,27,32)(H,28,33)(H,29,31)(H,34,35)(H4,24,25,26). The quantitative estimate of drug-likeness (QED) is 0.0523. The van der Waals surface area contributed by atoms with Gasteiger partial charge in [-0.1, -0.05) is 20.3 Å². The molecule has 3 amide bonds. The lowest BCUT2D eigenvalue weighted by molar-refractivity contribution is -0.143. The largest absolute Gasteiger partial charge is 0.480 e. The maximum Gasteiger partial charge on any atom is 0.326 e. The first-order chi connectivity index (χ1) is 16.5. The average Bonchev–Trinajstić information content (AvgIpc) is 2.81. The van der Waals surface area contributed by atoms with Crippen LogP contribution in [0.15, 0.2) is 4.99 Å². The number of nitrogens with two attached hydrogens (primary N) is 4. The first-order valence-corrected chi connectivity index (χ1v) is 11.7. The fourth-order valence-electron chi connectivity index (χ4n) is 3.09. The van der Waals surface area contributed by atoms with Gasteiger partial charge in [0.15, 0.2) is 5.96 Å². The van der Waals surface area contributed by atoms with Crippen molar-refractivity contribution in [3.05, 3.63) is 0 Å². The number of amides is 3.